The molecule has 0 spiro atoms. The number of benzene rings is 1. The highest BCUT2D eigenvalue weighted by atomic mass is 16.3. The van der Waals surface area contributed by atoms with Crippen LogP contribution in [0.2, 0.25) is 0 Å². The summed E-state index contributed by atoms with van der Waals surface area (Å²) in [4.78, 5) is 2.45. The molecule has 2 heteroatoms. The van der Waals surface area contributed by atoms with Gasteiger partial charge in [-0.05, 0) is 45.7 Å². The maximum atomic E-state index is 9.45. The van der Waals surface area contributed by atoms with Crippen LogP contribution in [0, 0.1) is 19.8 Å². The number of aryl methyl sites for hydroxylation is 2. The predicted molar refractivity (Wildman–Crippen MR) is 72.5 cm³/mol. The summed E-state index contributed by atoms with van der Waals surface area (Å²) in [6.07, 6.45) is 1.08. The number of hydrogen-bond acceptors (Lipinski definition) is 2. The van der Waals surface area contributed by atoms with E-state index < -0.39 is 0 Å². The first-order valence-electron chi connectivity index (χ1n) is 6.42. The van der Waals surface area contributed by atoms with Crippen LogP contribution >= 0.6 is 0 Å². The summed E-state index contributed by atoms with van der Waals surface area (Å²) in [5.41, 5.74) is 4.00. The number of rotatable bonds is 2. The Balaban J connectivity index is 2.35. The minimum atomic E-state index is 0.0504. The lowest BCUT2D eigenvalue weighted by Crippen LogP contribution is -2.44. The van der Waals surface area contributed by atoms with Crippen molar-refractivity contribution in [2.45, 2.75) is 39.7 Å². The molecule has 1 fully saturated rings. The number of aliphatic hydroxyl groups is 1. The lowest BCUT2D eigenvalue weighted by Gasteiger charge is -2.38. The summed E-state index contributed by atoms with van der Waals surface area (Å²) >= 11 is 0. The minimum Gasteiger partial charge on any atom is -0.396 e. The van der Waals surface area contributed by atoms with E-state index in [2.05, 4.69) is 50.8 Å². The Morgan fingerprint density at radius 1 is 1.35 bits per heavy atom. The molecule has 1 heterocycles. The first kappa shape index (κ1) is 12.4. The third kappa shape index (κ3) is 2.06. The summed E-state index contributed by atoms with van der Waals surface area (Å²) in [7, 11) is 0. The van der Waals surface area contributed by atoms with E-state index in [0.717, 1.165) is 13.0 Å². The predicted octanol–water partition coefficient (Wildman–Crippen LogP) is 2.90. The fourth-order valence-electron chi connectivity index (χ4n) is 3.00. The van der Waals surface area contributed by atoms with Crippen LogP contribution < -0.4 is 4.90 Å². The topological polar surface area (TPSA) is 23.5 Å². The summed E-state index contributed by atoms with van der Waals surface area (Å²) in [6, 6.07) is 6.62. The molecule has 1 unspecified atom stereocenters. The van der Waals surface area contributed by atoms with Crippen molar-refractivity contribution in [1.82, 2.24) is 0 Å². The average Bonchev–Trinajstić information content (AvgIpc) is 2.54. The summed E-state index contributed by atoms with van der Waals surface area (Å²) in [5.74, 6) is 0.378. The molecule has 0 amide bonds. The van der Waals surface area contributed by atoms with E-state index in [4.69, 9.17) is 0 Å². The van der Waals surface area contributed by atoms with Crippen LogP contribution in [0.25, 0.3) is 0 Å². The summed E-state index contributed by atoms with van der Waals surface area (Å²) in [6.45, 7) is 10.1. The fraction of sp³-hybridized carbons (Fsp3) is 0.600. The highest BCUT2D eigenvalue weighted by Gasteiger charge is 2.41. The van der Waals surface area contributed by atoms with Gasteiger partial charge in [-0.3, -0.25) is 0 Å². The van der Waals surface area contributed by atoms with Gasteiger partial charge in [-0.2, -0.15) is 0 Å². The quantitative estimate of drug-likeness (QED) is 0.849. The van der Waals surface area contributed by atoms with Gasteiger partial charge in [-0.15, -0.1) is 0 Å². The monoisotopic (exact) mass is 233 g/mol. The Labute approximate surface area is 104 Å². The smallest absolute Gasteiger partial charge is 0.0482 e. The van der Waals surface area contributed by atoms with Crippen LogP contribution in [-0.4, -0.2) is 23.8 Å². The van der Waals surface area contributed by atoms with E-state index >= 15 is 0 Å². The second-order valence-corrected chi connectivity index (χ2v) is 5.76. The Morgan fingerprint density at radius 3 is 2.59 bits per heavy atom. The molecule has 0 aliphatic carbocycles. The van der Waals surface area contributed by atoms with Crippen LogP contribution in [-0.2, 0) is 0 Å². The molecule has 2 rings (SSSR count). The van der Waals surface area contributed by atoms with E-state index in [1.165, 1.54) is 16.8 Å². The first-order chi connectivity index (χ1) is 7.96. The van der Waals surface area contributed by atoms with Gasteiger partial charge in [0, 0.05) is 30.3 Å². The van der Waals surface area contributed by atoms with E-state index in [0.29, 0.717) is 5.92 Å². The van der Waals surface area contributed by atoms with Gasteiger partial charge >= 0.3 is 0 Å². The van der Waals surface area contributed by atoms with Crippen molar-refractivity contribution in [3.05, 3.63) is 29.3 Å². The van der Waals surface area contributed by atoms with Crippen molar-refractivity contribution < 1.29 is 5.11 Å². The second kappa shape index (κ2) is 4.34. The molecule has 1 aromatic rings. The Kier molecular flexibility index (Phi) is 3.17. The molecular formula is C15H23NO. The SMILES string of the molecule is Cc1ccc(N2CCC(CO)C2(C)C)c(C)c1. The molecule has 1 aromatic carbocycles. The van der Waals surface area contributed by atoms with Crippen molar-refractivity contribution in [1.29, 1.82) is 0 Å². The van der Waals surface area contributed by atoms with Gasteiger partial charge in [0.1, 0.15) is 0 Å². The van der Waals surface area contributed by atoms with Gasteiger partial charge in [0.15, 0.2) is 0 Å². The number of anilines is 1. The molecule has 94 valence electrons. The molecule has 0 aromatic heterocycles. The maximum absolute atomic E-state index is 9.45. The lowest BCUT2D eigenvalue weighted by atomic mass is 9.88. The highest BCUT2D eigenvalue weighted by Crippen LogP contribution is 2.39. The maximum Gasteiger partial charge on any atom is 0.0482 e. The largest absolute Gasteiger partial charge is 0.396 e. The van der Waals surface area contributed by atoms with E-state index in [1.807, 2.05) is 0 Å². The van der Waals surface area contributed by atoms with Gasteiger partial charge in [0.2, 0.25) is 0 Å². The van der Waals surface area contributed by atoms with E-state index in [9.17, 15) is 5.11 Å². The summed E-state index contributed by atoms with van der Waals surface area (Å²) < 4.78 is 0. The lowest BCUT2D eigenvalue weighted by molar-refractivity contribution is 0.189. The second-order valence-electron chi connectivity index (χ2n) is 5.76. The van der Waals surface area contributed by atoms with Gasteiger partial charge in [0.05, 0.1) is 0 Å². The van der Waals surface area contributed by atoms with E-state index in [1.54, 1.807) is 0 Å². The van der Waals surface area contributed by atoms with Gasteiger partial charge in [-0.1, -0.05) is 17.7 Å². The van der Waals surface area contributed by atoms with Crippen molar-refractivity contribution in [3.63, 3.8) is 0 Å². The zero-order chi connectivity index (χ0) is 12.6. The van der Waals surface area contributed by atoms with E-state index in [-0.39, 0.29) is 12.1 Å². The van der Waals surface area contributed by atoms with Crippen LogP contribution in [0.4, 0.5) is 5.69 Å². The molecule has 0 saturated carbocycles. The Morgan fingerprint density at radius 2 is 2.06 bits per heavy atom. The summed E-state index contributed by atoms with van der Waals surface area (Å²) in [5, 5.41) is 9.45. The standard InChI is InChI=1S/C15H23NO/c1-11-5-6-14(12(2)9-11)16-8-7-13(10-17)15(16,3)4/h5-6,9,13,17H,7-8,10H2,1-4H3. The Hall–Kier alpha value is -1.02. The van der Waals surface area contributed by atoms with Crippen molar-refractivity contribution in [2.24, 2.45) is 5.92 Å². The first-order valence-corrected chi connectivity index (χ1v) is 6.42. The molecule has 0 radical (unpaired) electrons. The fourth-order valence-corrected chi connectivity index (χ4v) is 3.00. The third-order valence-electron chi connectivity index (χ3n) is 4.26. The number of nitrogens with zero attached hydrogens (tertiary/aromatic N) is 1. The normalized spacial score (nSPS) is 23.1. The van der Waals surface area contributed by atoms with Gasteiger partial charge in [-0.25, -0.2) is 0 Å². The zero-order valence-corrected chi connectivity index (χ0v) is 11.3. The molecule has 0 bridgehead atoms. The van der Waals surface area contributed by atoms with Crippen LogP contribution in [0.15, 0.2) is 18.2 Å². The van der Waals surface area contributed by atoms with Crippen molar-refractivity contribution >= 4 is 5.69 Å². The molecule has 1 aliphatic heterocycles. The molecule has 1 aliphatic rings. The van der Waals surface area contributed by atoms with Crippen LogP contribution in [0.1, 0.15) is 31.4 Å². The third-order valence-corrected chi connectivity index (χ3v) is 4.26. The molecule has 1 N–H and O–H groups in total. The molecular weight excluding hydrogens is 210 g/mol. The van der Waals surface area contributed by atoms with Crippen LogP contribution in [0.5, 0.6) is 0 Å². The molecule has 1 atom stereocenters. The molecule has 1 saturated heterocycles. The Bertz CT molecular complexity index is 411. The van der Waals surface area contributed by atoms with Gasteiger partial charge < -0.3 is 10.0 Å². The van der Waals surface area contributed by atoms with Crippen molar-refractivity contribution in [2.75, 3.05) is 18.1 Å². The van der Waals surface area contributed by atoms with Gasteiger partial charge in [0.25, 0.3) is 0 Å². The average molecular weight is 233 g/mol. The number of aliphatic hydroxyl groups excluding tert-OH is 1. The zero-order valence-electron chi connectivity index (χ0n) is 11.3. The minimum absolute atomic E-state index is 0.0504. The molecule has 17 heavy (non-hydrogen) atoms. The van der Waals surface area contributed by atoms with Crippen molar-refractivity contribution in [3.8, 4) is 0 Å². The molecule has 2 nitrogen and oxygen atoms in total. The highest BCUT2D eigenvalue weighted by molar-refractivity contribution is 5.57. The van der Waals surface area contributed by atoms with Crippen LogP contribution in [0.3, 0.4) is 0 Å². The number of hydrogen-bond donors (Lipinski definition) is 1.